The van der Waals surface area contributed by atoms with Crippen molar-refractivity contribution in [3.8, 4) is 0 Å². The molecule has 1 heterocycles. The average molecular weight is 408 g/mol. The Hall–Kier alpha value is -2.52. The van der Waals surface area contributed by atoms with Gasteiger partial charge in [-0.05, 0) is 30.2 Å². The lowest BCUT2D eigenvalue weighted by molar-refractivity contribution is -0.151. The summed E-state index contributed by atoms with van der Waals surface area (Å²) < 4.78 is 31.1. The number of carbonyl (C=O) groups is 3. The number of benzene rings is 1. The second-order valence-corrected chi connectivity index (χ2v) is 8.08. The van der Waals surface area contributed by atoms with E-state index in [1.807, 2.05) is 0 Å². The molecular formula is C19H24N2O6S. The number of hydrogen-bond donors (Lipinski definition) is 0. The van der Waals surface area contributed by atoms with Crippen LogP contribution in [0.4, 0.5) is 0 Å². The van der Waals surface area contributed by atoms with E-state index in [-0.39, 0.29) is 10.8 Å². The van der Waals surface area contributed by atoms with Crippen molar-refractivity contribution < 1.29 is 27.5 Å². The summed E-state index contributed by atoms with van der Waals surface area (Å²) in [6.45, 7) is 4.17. The largest absolute Gasteiger partial charge is 0.452 e. The highest BCUT2D eigenvalue weighted by Crippen LogP contribution is 2.17. The molecule has 1 aliphatic heterocycles. The number of hydrogen-bond acceptors (Lipinski definition) is 6. The van der Waals surface area contributed by atoms with Gasteiger partial charge in [0.1, 0.15) is 0 Å². The maximum Gasteiger partial charge on any atom is 0.331 e. The molecule has 152 valence electrons. The van der Waals surface area contributed by atoms with Gasteiger partial charge in [0.25, 0.3) is 5.91 Å². The minimum atomic E-state index is -3.53. The van der Waals surface area contributed by atoms with Gasteiger partial charge in [0.05, 0.1) is 4.90 Å². The monoisotopic (exact) mass is 408 g/mol. The first-order valence-electron chi connectivity index (χ1n) is 9.07. The fourth-order valence-corrected chi connectivity index (χ4v) is 4.26. The Balaban J connectivity index is 1.92. The molecule has 0 atom stereocenters. The van der Waals surface area contributed by atoms with Crippen LogP contribution in [0.5, 0.6) is 0 Å². The van der Waals surface area contributed by atoms with E-state index >= 15 is 0 Å². The summed E-state index contributed by atoms with van der Waals surface area (Å²) in [6.07, 6.45) is 3.56. The van der Waals surface area contributed by atoms with E-state index in [1.54, 1.807) is 26.0 Å². The van der Waals surface area contributed by atoms with E-state index < -0.39 is 28.5 Å². The number of imide groups is 1. The Morgan fingerprint density at radius 3 is 2.36 bits per heavy atom. The summed E-state index contributed by atoms with van der Waals surface area (Å²) in [7, 11) is -3.53. The van der Waals surface area contributed by atoms with Crippen LogP contribution in [0.15, 0.2) is 35.2 Å². The first kappa shape index (κ1) is 21.8. The highest BCUT2D eigenvalue weighted by Gasteiger charge is 2.26. The first-order chi connectivity index (χ1) is 13.3. The Bertz CT molecular complexity index is 857. The molecule has 8 nitrogen and oxygen atoms in total. The molecule has 2 rings (SSSR count). The first-order valence-corrected chi connectivity index (χ1v) is 10.5. The van der Waals surface area contributed by atoms with Crippen LogP contribution in [-0.4, -0.2) is 61.6 Å². The molecule has 1 aromatic carbocycles. The molecule has 0 radical (unpaired) electrons. The molecule has 0 aliphatic carbocycles. The summed E-state index contributed by atoms with van der Waals surface area (Å²) in [6, 6.07) is 6.10. The van der Waals surface area contributed by atoms with Gasteiger partial charge < -0.3 is 4.74 Å². The Labute approximate surface area is 164 Å². The number of likely N-dealkylation sites (tertiary alicyclic amines) is 1. The SMILES string of the molecule is CCN(CC)S(=O)(=O)c1ccc(/C=C/C(=O)OCC(=O)N2CCCC2=O)cc1. The van der Waals surface area contributed by atoms with Crippen LogP contribution >= 0.6 is 0 Å². The van der Waals surface area contributed by atoms with E-state index in [0.717, 1.165) is 11.0 Å². The van der Waals surface area contributed by atoms with Gasteiger partial charge in [-0.3, -0.25) is 14.5 Å². The summed E-state index contributed by atoms with van der Waals surface area (Å²) >= 11 is 0. The smallest absolute Gasteiger partial charge is 0.331 e. The zero-order valence-corrected chi connectivity index (χ0v) is 16.8. The zero-order valence-electron chi connectivity index (χ0n) is 16.0. The Morgan fingerprint density at radius 1 is 1.18 bits per heavy atom. The van der Waals surface area contributed by atoms with Gasteiger partial charge in [-0.1, -0.05) is 26.0 Å². The van der Waals surface area contributed by atoms with Gasteiger partial charge in [-0.15, -0.1) is 0 Å². The van der Waals surface area contributed by atoms with Crippen molar-refractivity contribution in [1.29, 1.82) is 0 Å². The number of nitrogens with zero attached hydrogens (tertiary/aromatic N) is 2. The number of carbonyl (C=O) groups excluding carboxylic acids is 3. The Morgan fingerprint density at radius 2 is 1.82 bits per heavy atom. The number of rotatable bonds is 8. The zero-order chi connectivity index (χ0) is 20.7. The predicted molar refractivity (Wildman–Crippen MR) is 102 cm³/mol. The van der Waals surface area contributed by atoms with Crippen LogP contribution in [0.1, 0.15) is 32.3 Å². The van der Waals surface area contributed by atoms with Crippen LogP contribution in [0.25, 0.3) is 6.08 Å². The maximum atomic E-state index is 12.4. The number of amides is 2. The van der Waals surface area contributed by atoms with Crippen LogP contribution < -0.4 is 0 Å². The molecule has 28 heavy (non-hydrogen) atoms. The summed E-state index contributed by atoms with van der Waals surface area (Å²) in [5.74, 6) is -1.51. The maximum absolute atomic E-state index is 12.4. The standard InChI is InChI=1S/C19H24N2O6S/c1-3-20(4-2)28(25,26)16-10-7-15(8-11-16)9-12-19(24)27-14-18(23)21-13-5-6-17(21)22/h7-12H,3-6,13-14H2,1-2H3/b12-9+. The quantitative estimate of drug-likeness (QED) is 0.476. The van der Waals surface area contributed by atoms with Crippen molar-refractivity contribution in [2.24, 2.45) is 0 Å². The van der Waals surface area contributed by atoms with Gasteiger partial charge in [0, 0.05) is 32.1 Å². The number of ether oxygens (including phenoxy) is 1. The predicted octanol–water partition coefficient (Wildman–Crippen LogP) is 1.42. The molecule has 0 N–H and O–H groups in total. The molecular weight excluding hydrogens is 384 g/mol. The van der Waals surface area contributed by atoms with Gasteiger partial charge in [0.15, 0.2) is 6.61 Å². The lowest BCUT2D eigenvalue weighted by atomic mass is 10.2. The highest BCUT2D eigenvalue weighted by molar-refractivity contribution is 7.89. The molecule has 2 amide bonds. The lowest BCUT2D eigenvalue weighted by Crippen LogP contribution is -2.35. The Kier molecular flexibility index (Phi) is 7.47. The molecule has 0 bridgehead atoms. The third kappa shape index (κ3) is 5.26. The molecule has 9 heteroatoms. The van der Waals surface area contributed by atoms with Crippen molar-refractivity contribution >= 4 is 33.9 Å². The second kappa shape index (κ2) is 9.61. The summed E-state index contributed by atoms with van der Waals surface area (Å²) in [5, 5.41) is 0. The van der Waals surface area contributed by atoms with E-state index in [9.17, 15) is 22.8 Å². The lowest BCUT2D eigenvalue weighted by Gasteiger charge is -2.18. The normalized spacial score (nSPS) is 14.8. The third-order valence-corrected chi connectivity index (χ3v) is 6.41. The van der Waals surface area contributed by atoms with Crippen molar-refractivity contribution in [3.63, 3.8) is 0 Å². The van der Waals surface area contributed by atoms with Crippen LogP contribution in [-0.2, 0) is 29.1 Å². The van der Waals surface area contributed by atoms with Gasteiger partial charge in [0.2, 0.25) is 15.9 Å². The van der Waals surface area contributed by atoms with Gasteiger partial charge >= 0.3 is 5.97 Å². The van der Waals surface area contributed by atoms with Crippen molar-refractivity contribution in [2.75, 3.05) is 26.2 Å². The van der Waals surface area contributed by atoms with E-state index in [0.29, 0.717) is 38.0 Å². The van der Waals surface area contributed by atoms with Gasteiger partial charge in [-0.25, -0.2) is 13.2 Å². The molecule has 1 aliphatic rings. The highest BCUT2D eigenvalue weighted by atomic mass is 32.2. The van der Waals surface area contributed by atoms with Crippen LogP contribution in [0.2, 0.25) is 0 Å². The van der Waals surface area contributed by atoms with Crippen molar-refractivity contribution in [1.82, 2.24) is 9.21 Å². The number of esters is 1. The molecule has 1 saturated heterocycles. The second-order valence-electron chi connectivity index (χ2n) is 6.14. The minimum Gasteiger partial charge on any atom is -0.452 e. The molecule has 1 fully saturated rings. The van der Waals surface area contributed by atoms with E-state index in [2.05, 4.69) is 0 Å². The fourth-order valence-electron chi connectivity index (χ4n) is 2.80. The van der Waals surface area contributed by atoms with Crippen molar-refractivity contribution in [2.45, 2.75) is 31.6 Å². The molecule has 0 aromatic heterocycles. The number of sulfonamides is 1. The van der Waals surface area contributed by atoms with Gasteiger partial charge in [-0.2, -0.15) is 4.31 Å². The van der Waals surface area contributed by atoms with E-state index in [1.165, 1.54) is 22.5 Å². The topological polar surface area (TPSA) is 101 Å². The van der Waals surface area contributed by atoms with Crippen molar-refractivity contribution in [3.05, 3.63) is 35.9 Å². The molecule has 0 spiro atoms. The molecule has 1 aromatic rings. The van der Waals surface area contributed by atoms with Crippen LogP contribution in [0.3, 0.4) is 0 Å². The molecule has 0 unspecified atom stereocenters. The van der Waals surface area contributed by atoms with E-state index in [4.69, 9.17) is 4.74 Å². The minimum absolute atomic E-state index is 0.178. The molecule has 0 saturated carbocycles. The summed E-state index contributed by atoms with van der Waals surface area (Å²) in [5.41, 5.74) is 0.608. The average Bonchev–Trinajstić information content (AvgIpc) is 3.11. The third-order valence-electron chi connectivity index (χ3n) is 4.35. The summed E-state index contributed by atoms with van der Waals surface area (Å²) in [4.78, 5) is 36.3. The fraction of sp³-hybridized carbons (Fsp3) is 0.421. The van der Waals surface area contributed by atoms with Crippen LogP contribution in [0, 0.1) is 0 Å².